The van der Waals surface area contributed by atoms with Crippen molar-refractivity contribution >= 4 is 27.5 Å². The van der Waals surface area contributed by atoms with E-state index in [2.05, 4.69) is 45.7 Å². The van der Waals surface area contributed by atoms with E-state index in [-0.39, 0.29) is 5.91 Å². The van der Waals surface area contributed by atoms with Gasteiger partial charge in [-0.1, -0.05) is 12.1 Å². The molecule has 1 fully saturated rings. The fraction of sp³-hybridized carbons (Fsp3) is 0.292. The first-order valence-electron chi connectivity index (χ1n) is 10.6. The topological polar surface area (TPSA) is 69.0 Å². The molecule has 6 nitrogen and oxygen atoms in total. The number of nitrogens with zero attached hydrogens (tertiary/aromatic N) is 3. The molecule has 1 saturated heterocycles. The second kappa shape index (κ2) is 8.99. The first-order chi connectivity index (χ1) is 15.3. The van der Waals surface area contributed by atoms with Gasteiger partial charge in [-0.3, -0.25) is 4.79 Å². The normalized spacial score (nSPS) is 14.7. The van der Waals surface area contributed by atoms with Gasteiger partial charge in [0.05, 0.1) is 5.69 Å². The number of amides is 1. The second-order valence-electron chi connectivity index (χ2n) is 7.87. The lowest BCUT2D eigenvalue weighted by Gasteiger charge is -2.22. The Hall–Kier alpha value is -3.03. The van der Waals surface area contributed by atoms with E-state index in [9.17, 15) is 4.79 Å². The van der Waals surface area contributed by atoms with Gasteiger partial charge >= 0.3 is 0 Å². The molecule has 1 aliphatic rings. The van der Waals surface area contributed by atoms with Crippen LogP contribution in [0.4, 0.5) is 0 Å². The molecule has 0 bridgehead atoms. The van der Waals surface area contributed by atoms with E-state index in [0.717, 1.165) is 53.9 Å². The fourth-order valence-corrected chi connectivity index (χ4v) is 4.78. The van der Waals surface area contributed by atoms with Crippen molar-refractivity contribution in [2.24, 2.45) is 5.92 Å². The summed E-state index contributed by atoms with van der Waals surface area (Å²) in [4.78, 5) is 18.3. The number of carbonyl (C=O) groups excluding carboxylic acids is 1. The first-order valence-corrected chi connectivity index (χ1v) is 11.5. The smallest absolute Gasteiger partial charge is 0.269 e. The van der Waals surface area contributed by atoms with Crippen molar-refractivity contribution in [2.75, 3.05) is 19.8 Å². The van der Waals surface area contributed by atoms with E-state index in [1.807, 2.05) is 28.4 Å². The summed E-state index contributed by atoms with van der Waals surface area (Å²) in [5, 5.41) is 10.5. The largest absolute Gasteiger partial charge is 0.381 e. The Morgan fingerprint density at radius 3 is 2.81 bits per heavy atom. The van der Waals surface area contributed by atoms with Crippen LogP contribution in [0.2, 0.25) is 0 Å². The summed E-state index contributed by atoms with van der Waals surface area (Å²) in [6, 6.07) is 14.3. The van der Waals surface area contributed by atoms with Crippen molar-refractivity contribution in [3.8, 4) is 5.69 Å². The zero-order valence-corrected chi connectivity index (χ0v) is 18.0. The Morgan fingerprint density at radius 1 is 1.19 bits per heavy atom. The Labute approximate surface area is 184 Å². The van der Waals surface area contributed by atoms with E-state index in [4.69, 9.17) is 4.74 Å². The molecule has 7 heteroatoms. The molecule has 1 aliphatic heterocycles. The highest BCUT2D eigenvalue weighted by Gasteiger charge is 2.17. The van der Waals surface area contributed by atoms with Gasteiger partial charge in [0.2, 0.25) is 0 Å². The minimum atomic E-state index is -0.0999. The maximum atomic E-state index is 12.8. The van der Waals surface area contributed by atoms with Crippen molar-refractivity contribution in [2.45, 2.75) is 19.3 Å². The van der Waals surface area contributed by atoms with Crippen LogP contribution in [0, 0.1) is 5.92 Å². The number of aromatic nitrogens is 3. The maximum Gasteiger partial charge on any atom is 0.269 e. The number of ether oxygens (including phenoxy) is 1. The zero-order chi connectivity index (χ0) is 21.0. The standard InChI is InChI=1S/C24H24N4O2S/c29-23(25-16-18-6-11-30-12-7-18)22-15-19(21-8-13-31-24(21)27-22)14-17-2-4-20(5-3-17)28-10-1-9-26-28/h1-5,8-10,13,15,18H,6-7,11-12,14,16H2,(H,25,29). The average Bonchev–Trinajstić information content (AvgIpc) is 3.51. The summed E-state index contributed by atoms with van der Waals surface area (Å²) >= 11 is 1.57. The highest BCUT2D eigenvalue weighted by molar-refractivity contribution is 7.16. The molecule has 4 aromatic rings. The molecule has 0 unspecified atom stereocenters. The van der Waals surface area contributed by atoms with E-state index < -0.39 is 0 Å². The van der Waals surface area contributed by atoms with E-state index >= 15 is 0 Å². The predicted octanol–water partition coefficient (Wildman–Crippen LogP) is 4.23. The van der Waals surface area contributed by atoms with Crippen LogP contribution in [-0.2, 0) is 11.2 Å². The number of benzene rings is 1. The van der Waals surface area contributed by atoms with Gasteiger partial charge in [-0.2, -0.15) is 5.10 Å². The quantitative estimate of drug-likeness (QED) is 0.495. The maximum absolute atomic E-state index is 12.8. The minimum absolute atomic E-state index is 0.0999. The van der Waals surface area contributed by atoms with Gasteiger partial charge in [-0.25, -0.2) is 9.67 Å². The number of carbonyl (C=O) groups is 1. The lowest BCUT2D eigenvalue weighted by molar-refractivity contribution is 0.0642. The Bertz CT molecular complexity index is 1160. The molecule has 31 heavy (non-hydrogen) atoms. The second-order valence-corrected chi connectivity index (χ2v) is 8.76. The number of hydrogen-bond acceptors (Lipinski definition) is 5. The van der Waals surface area contributed by atoms with Gasteiger partial charge in [0.15, 0.2) is 0 Å². The predicted molar refractivity (Wildman–Crippen MR) is 122 cm³/mol. The summed E-state index contributed by atoms with van der Waals surface area (Å²) < 4.78 is 7.24. The van der Waals surface area contributed by atoms with Crippen molar-refractivity contribution in [1.29, 1.82) is 0 Å². The Balaban J connectivity index is 1.34. The van der Waals surface area contributed by atoms with Gasteiger partial charge < -0.3 is 10.1 Å². The lowest BCUT2D eigenvalue weighted by atomic mass is 10.00. The summed E-state index contributed by atoms with van der Waals surface area (Å²) in [6.07, 6.45) is 6.44. The molecule has 0 spiro atoms. The van der Waals surface area contributed by atoms with Crippen molar-refractivity contribution in [1.82, 2.24) is 20.1 Å². The molecule has 3 aromatic heterocycles. The van der Waals surface area contributed by atoms with Crippen LogP contribution < -0.4 is 5.32 Å². The Kier molecular flexibility index (Phi) is 5.78. The zero-order valence-electron chi connectivity index (χ0n) is 17.2. The highest BCUT2D eigenvalue weighted by atomic mass is 32.1. The van der Waals surface area contributed by atoms with Gasteiger partial charge in [0.25, 0.3) is 5.91 Å². The van der Waals surface area contributed by atoms with Crippen molar-refractivity contribution < 1.29 is 9.53 Å². The number of rotatable bonds is 6. The van der Waals surface area contributed by atoms with Gasteiger partial charge in [-0.15, -0.1) is 11.3 Å². The minimum Gasteiger partial charge on any atom is -0.381 e. The molecule has 158 valence electrons. The third kappa shape index (κ3) is 4.52. The van der Waals surface area contributed by atoms with Crippen LogP contribution in [0.1, 0.15) is 34.5 Å². The van der Waals surface area contributed by atoms with Crippen LogP contribution >= 0.6 is 11.3 Å². The van der Waals surface area contributed by atoms with Gasteiger partial charge in [0.1, 0.15) is 10.5 Å². The molecular formula is C24H24N4O2S. The van der Waals surface area contributed by atoms with Gasteiger partial charge in [0, 0.05) is 37.5 Å². The molecule has 0 radical (unpaired) electrons. The summed E-state index contributed by atoms with van der Waals surface area (Å²) in [5.74, 6) is 0.382. The molecule has 0 atom stereocenters. The molecular weight excluding hydrogens is 408 g/mol. The van der Waals surface area contributed by atoms with Crippen LogP contribution in [0.3, 0.4) is 0 Å². The third-order valence-corrected chi connectivity index (χ3v) is 6.55. The molecule has 0 saturated carbocycles. The molecule has 0 aliphatic carbocycles. The molecule has 1 N–H and O–H groups in total. The molecule has 1 amide bonds. The molecule has 1 aromatic carbocycles. The number of pyridine rings is 1. The van der Waals surface area contributed by atoms with Gasteiger partial charge in [-0.05, 0) is 72.0 Å². The van der Waals surface area contributed by atoms with E-state index in [1.165, 1.54) is 5.56 Å². The fourth-order valence-electron chi connectivity index (χ4n) is 3.97. The SMILES string of the molecule is O=C(NCC1CCOCC1)c1cc(Cc2ccc(-n3cccn3)cc2)c2ccsc2n1. The van der Waals surface area contributed by atoms with E-state index in [1.54, 1.807) is 17.5 Å². The number of thiophene rings is 1. The van der Waals surface area contributed by atoms with Crippen LogP contribution in [-0.4, -0.2) is 40.4 Å². The summed E-state index contributed by atoms with van der Waals surface area (Å²) in [6.45, 7) is 2.24. The third-order valence-electron chi connectivity index (χ3n) is 5.75. The van der Waals surface area contributed by atoms with Crippen molar-refractivity contribution in [3.05, 3.63) is 77.1 Å². The van der Waals surface area contributed by atoms with E-state index in [0.29, 0.717) is 18.2 Å². The number of nitrogens with one attached hydrogen (secondary N) is 1. The van der Waals surface area contributed by atoms with Crippen LogP contribution in [0.5, 0.6) is 0 Å². The summed E-state index contributed by atoms with van der Waals surface area (Å²) in [7, 11) is 0. The number of hydrogen-bond donors (Lipinski definition) is 1. The van der Waals surface area contributed by atoms with Crippen molar-refractivity contribution in [3.63, 3.8) is 0 Å². The highest BCUT2D eigenvalue weighted by Crippen LogP contribution is 2.26. The molecule has 4 heterocycles. The summed E-state index contributed by atoms with van der Waals surface area (Å²) in [5.41, 5.74) is 3.82. The lowest BCUT2D eigenvalue weighted by Crippen LogP contribution is -2.32. The first kappa shape index (κ1) is 19.9. The molecule has 5 rings (SSSR count). The monoisotopic (exact) mass is 432 g/mol. The van der Waals surface area contributed by atoms with Crippen LogP contribution in [0.15, 0.2) is 60.2 Å². The average molecular weight is 433 g/mol. The number of fused-ring (bicyclic) bond motifs is 1. The Morgan fingerprint density at radius 2 is 2.03 bits per heavy atom. The van der Waals surface area contributed by atoms with Crippen LogP contribution in [0.25, 0.3) is 15.9 Å².